The van der Waals surface area contributed by atoms with Crippen LogP contribution in [0.1, 0.15) is 12.5 Å². The third-order valence-electron chi connectivity index (χ3n) is 2.42. The molecule has 98 valence electrons. The number of ether oxygens (including phenoxy) is 2. The van der Waals surface area contributed by atoms with Crippen LogP contribution >= 0.6 is 0 Å². The van der Waals surface area contributed by atoms with Gasteiger partial charge in [0.05, 0.1) is 14.2 Å². The second-order valence-corrected chi connectivity index (χ2v) is 3.68. The summed E-state index contributed by atoms with van der Waals surface area (Å²) >= 11 is 0. The van der Waals surface area contributed by atoms with Gasteiger partial charge in [-0.2, -0.15) is 0 Å². The number of nitrogens with one attached hydrogen (secondary N) is 1. The monoisotopic (exact) mass is 250 g/mol. The van der Waals surface area contributed by atoms with Crippen LogP contribution in [0.4, 0.5) is 0 Å². The van der Waals surface area contributed by atoms with Gasteiger partial charge < -0.3 is 14.8 Å². The molecule has 0 saturated heterocycles. The van der Waals surface area contributed by atoms with Gasteiger partial charge in [-0.3, -0.25) is 0 Å². The van der Waals surface area contributed by atoms with Gasteiger partial charge in [-0.15, -0.1) is 0 Å². The Morgan fingerprint density at radius 2 is 2.28 bits per heavy atom. The summed E-state index contributed by atoms with van der Waals surface area (Å²) < 4.78 is 9.74. The molecule has 0 aliphatic carbocycles. The van der Waals surface area contributed by atoms with Crippen LogP contribution in [0.25, 0.3) is 0 Å². The van der Waals surface area contributed by atoms with E-state index in [1.807, 2.05) is 12.1 Å². The van der Waals surface area contributed by atoms with Crippen molar-refractivity contribution in [2.45, 2.75) is 13.5 Å². The highest BCUT2D eigenvalue weighted by atomic mass is 16.5. The average Bonchev–Trinajstić information content (AvgIpc) is 2.42. The zero-order valence-electron chi connectivity index (χ0n) is 10.9. The quantitative estimate of drug-likeness (QED) is 0.468. The van der Waals surface area contributed by atoms with E-state index in [0.717, 1.165) is 5.56 Å². The van der Waals surface area contributed by atoms with Gasteiger partial charge in [-0.25, -0.2) is 9.78 Å². The fourth-order valence-corrected chi connectivity index (χ4v) is 1.42. The molecule has 5 heteroatoms. The maximum atomic E-state index is 11.1. The molecule has 0 radical (unpaired) electrons. The Morgan fingerprint density at radius 3 is 2.94 bits per heavy atom. The van der Waals surface area contributed by atoms with Gasteiger partial charge in [0, 0.05) is 30.4 Å². The van der Waals surface area contributed by atoms with Gasteiger partial charge in [-0.1, -0.05) is 12.1 Å². The Morgan fingerprint density at radius 1 is 1.50 bits per heavy atom. The summed E-state index contributed by atoms with van der Waals surface area (Å²) in [4.78, 5) is 15.2. The van der Waals surface area contributed by atoms with Crippen LogP contribution in [0.5, 0.6) is 5.88 Å². The van der Waals surface area contributed by atoms with Crippen molar-refractivity contribution in [3.05, 3.63) is 35.5 Å². The van der Waals surface area contributed by atoms with Crippen LogP contribution < -0.4 is 10.1 Å². The summed E-state index contributed by atoms with van der Waals surface area (Å²) in [5, 5.41) is 3.18. The van der Waals surface area contributed by atoms with Crippen LogP contribution in [0.3, 0.4) is 0 Å². The molecule has 1 rings (SSSR count). The lowest BCUT2D eigenvalue weighted by atomic mass is 10.2. The maximum Gasteiger partial charge on any atom is 0.333 e. The molecule has 0 amide bonds. The molecular formula is C13H18N2O3. The smallest absolute Gasteiger partial charge is 0.333 e. The largest absolute Gasteiger partial charge is 0.481 e. The van der Waals surface area contributed by atoms with E-state index < -0.39 is 0 Å². The molecule has 0 atom stereocenters. The fourth-order valence-electron chi connectivity index (χ4n) is 1.42. The normalized spacial score (nSPS) is 11.2. The lowest BCUT2D eigenvalue weighted by molar-refractivity contribution is -0.136. The molecule has 5 nitrogen and oxygen atoms in total. The zero-order chi connectivity index (χ0) is 13.4. The zero-order valence-corrected chi connectivity index (χ0v) is 10.9. The first kappa shape index (κ1) is 14.2. The second-order valence-electron chi connectivity index (χ2n) is 3.68. The van der Waals surface area contributed by atoms with Crippen molar-refractivity contribution in [2.24, 2.45) is 0 Å². The molecule has 0 aromatic carbocycles. The molecule has 1 N–H and O–H groups in total. The minimum atomic E-state index is -0.309. The number of nitrogens with zero attached hydrogens (tertiary/aromatic N) is 1. The van der Waals surface area contributed by atoms with E-state index in [-0.39, 0.29) is 5.97 Å². The molecule has 0 bridgehead atoms. The molecule has 0 spiro atoms. The van der Waals surface area contributed by atoms with Gasteiger partial charge in [0.15, 0.2) is 0 Å². The van der Waals surface area contributed by atoms with E-state index in [0.29, 0.717) is 24.5 Å². The molecule has 0 unspecified atom stereocenters. The molecule has 0 fully saturated rings. The van der Waals surface area contributed by atoms with Gasteiger partial charge >= 0.3 is 5.97 Å². The molecule has 1 aromatic rings. The average molecular weight is 250 g/mol. The lowest BCUT2D eigenvalue weighted by Gasteiger charge is -2.07. The van der Waals surface area contributed by atoms with Crippen LogP contribution in [-0.2, 0) is 16.1 Å². The van der Waals surface area contributed by atoms with E-state index in [9.17, 15) is 4.79 Å². The summed E-state index contributed by atoms with van der Waals surface area (Å²) in [7, 11) is 2.96. The predicted molar refractivity (Wildman–Crippen MR) is 68.3 cm³/mol. The molecule has 0 aliphatic rings. The van der Waals surface area contributed by atoms with Crippen molar-refractivity contribution in [3.8, 4) is 5.88 Å². The Balaban J connectivity index is 2.45. The Labute approximate surface area is 107 Å². The van der Waals surface area contributed by atoms with Crippen LogP contribution in [-0.4, -0.2) is 31.7 Å². The first-order valence-electron chi connectivity index (χ1n) is 5.62. The van der Waals surface area contributed by atoms with Gasteiger partial charge in [0.1, 0.15) is 0 Å². The molecule has 1 heterocycles. The van der Waals surface area contributed by atoms with Crippen molar-refractivity contribution in [3.63, 3.8) is 0 Å². The van der Waals surface area contributed by atoms with Crippen molar-refractivity contribution in [1.29, 1.82) is 0 Å². The van der Waals surface area contributed by atoms with Gasteiger partial charge in [-0.05, 0) is 13.0 Å². The molecular weight excluding hydrogens is 232 g/mol. The number of aromatic nitrogens is 1. The van der Waals surface area contributed by atoms with E-state index in [2.05, 4.69) is 15.0 Å². The van der Waals surface area contributed by atoms with Crippen molar-refractivity contribution in [2.75, 3.05) is 20.8 Å². The highest BCUT2D eigenvalue weighted by Crippen LogP contribution is 2.12. The fraction of sp³-hybridized carbons (Fsp3) is 0.385. The van der Waals surface area contributed by atoms with Crippen LogP contribution in [0.15, 0.2) is 30.0 Å². The highest BCUT2D eigenvalue weighted by molar-refractivity contribution is 5.87. The summed E-state index contributed by atoms with van der Waals surface area (Å²) in [5.41, 5.74) is 1.56. The number of carbonyl (C=O) groups excluding carboxylic acids is 1. The number of esters is 1. The van der Waals surface area contributed by atoms with E-state index in [1.165, 1.54) is 7.11 Å². The summed E-state index contributed by atoms with van der Waals surface area (Å²) in [6, 6.07) is 3.80. The van der Waals surface area contributed by atoms with E-state index >= 15 is 0 Å². The Bertz CT molecular complexity index is 430. The molecule has 0 saturated carbocycles. The van der Waals surface area contributed by atoms with Crippen LogP contribution in [0, 0.1) is 0 Å². The van der Waals surface area contributed by atoms with Gasteiger partial charge in [0.2, 0.25) is 5.88 Å². The Hall–Kier alpha value is -1.88. The van der Waals surface area contributed by atoms with Crippen molar-refractivity contribution in [1.82, 2.24) is 10.3 Å². The number of methoxy groups -OCH3 is 2. The third kappa shape index (κ3) is 4.18. The summed E-state index contributed by atoms with van der Waals surface area (Å²) in [6.45, 7) is 2.93. The maximum absolute atomic E-state index is 11.1. The standard InChI is InChI=1S/C13H18N2O3/c1-10(13(16)18-3)6-8-14-9-11-5-4-7-15-12(11)17-2/h4-7,14H,8-9H2,1-3H3/b10-6+. The number of hydrogen-bond donors (Lipinski definition) is 1. The summed E-state index contributed by atoms with van der Waals surface area (Å²) in [6.07, 6.45) is 3.47. The van der Waals surface area contributed by atoms with Crippen LogP contribution in [0.2, 0.25) is 0 Å². The van der Waals surface area contributed by atoms with E-state index in [1.54, 1.807) is 26.3 Å². The predicted octanol–water partition coefficient (Wildman–Crippen LogP) is 1.30. The summed E-state index contributed by atoms with van der Waals surface area (Å²) in [5.74, 6) is 0.300. The highest BCUT2D eigenvalue weighted by Gasteiger charge is 2.03. The number of hydrogen-bond acceptors (Lipinski definition) is 5. The third-order valence-corrected chi connectivity index (χ3v) is 2.42. The lowest BCUT2D eigenvalue weighted by Crippen LogP contribution is -2.15. The SMILES string of the molecule is COC(=O)/C(C)=C/CNCc1cccnc1OC. The molecule has 1 aromatic heterocycles. The Kier molecular flexibility index (Phi) is 5.87. The number of carbonyl (C=O) groups is 1. The second kappa shape index (κ2) is 7.45. The van der Waals surface area contributed by atoms with Crippen molar-refractivity contribution < 1.29 is 14.3 Å². The minimum Gasteiger partial charge on any atom is -0.481 e. The van der Waals surface area contributed by atoms with Gasteiger partial charge in [0.25, 0.3) is 0 Å². The van der Waals surface area contributed by atoms with E-state index in [4.69, 9.17) is 4.74 Å². The first-order valence-corrected chi connectivity index (χ1v) is 5.62. The minimum absolute atomic E-state index is 0.309. The van der Waals surface area contributed by atoms with Crippen molar-refractivity contribution >= 4 is 5.97 Å². The molecule has 0 aliphatic heterocycles. The number of pyridine rings is 1. The number of rotatable bonds is 6. The topological polar surface area (TPSA) is 60.5 Å². The molecule has 18 heavy (non-hydrogen) atoms. The first-order chi connectivity index (χ1) is 8.69.